The van der Waals surface area contributed by atoms with Crippen LogP contribution in [0.25, 0.3) is 10.9 Å². The topological polar surface area (TPSA) is 80.4 Å². The largest absolute Gasteiger partial charge is 0.493 e. The molecule has 32 heavy (non-hydrogen) atoms. The monoisotopic (exact) mass is 468 g/mol. The zero-order valence-corrected chi connectivity index (χ0v) is 17.9. The molecule has 0 aliphatic carbocycles. The van der Waals surface area contributed by atoms with Gasteiger partial charge in [0.25, 0.3) is 0 Å². The SMILES string of the molecule is O=S(=O)(Nc1c[nH]c2ccc(CCOc3ccc(C(F)(F)F)cc3)cc12)C1CCOCC1. The molecule has 1 fully saturated rings. The molecule has 0 radical (unpaired) electrons. The molecule has 0 unspecified atom stereocenters. The Morgan fingerprint density at radius 2 is 1.81 bits per heavy atom. The second kappa shape index (κ2) is 9.03. The number of sulfonamides is 1. The zero-order chi connectivity index (χ0) is 22.8. The van der Waals surface area contributed by atoms with Gasteiger partial charge >= 0.3 is 6.18 Å². The first-order chi connectivity index (χ1) is 15.2. The van der Waals surface area contributed by atoms with Gasteiger partial charge < -0.3 is 14.5 Å². The molecule has 2 aromatic carbocycles. The first-order valence-corrected chi connectivity index (χ1v) is 11.8. The molecule has 10 heteroatoms. The minimum absolute atomic E-state index is 0.268. The zero-order valence-electron chi connectivity index (χ0n) is 17.1. The van der Waals surface area contributed by atoms with Crippen molar-refractivity contribution in [3.05, 3.63) is 59.8 Å². The highest BCUT2D eigenvalue weighted by atomic mass is 32.2. The quantitative estimate of drug-likeness (QED) is 0.526. The lowest BCUT2D eigenvalue weighted by atomic mass is 10.1. The third kappa shape index (κ3) is 5.18. The molecule has 2 N–H and O–H groups in total. The predicted octanol–water partition coefficient (Wildman–Crippen LogP) is 4.73. The molecule has 1 saturated heterocycles. The van der Waals surface area contributed by atoms with Gasteiger partial charge in [0.2, 0.25) is 10.0 Å². The van der Waals surface area contributed by atoms with Gasteiger partial charge in [-0.15, -0.1) is 0 Å². The van der Waals surface area contributed by atoms with E-state index in [1.54, 1.807) is 6.20 Å². The van der Waals surface area contributed by atoms with Crippen LogP contribution >= 0.6 is 0 Å². The van der Waals surface area contributed by atoms with Crippen LogP contribution in [-0.2, 0) is 27.4 Å². The number of aromatic amines is 1. The molecular formula is C22H23F3N2O4S. The summed E-state index contributed by atoms with van der Waals surface area (Å²) in [6.07, 6.45) is -1.32. The maximum atomic E-state index is 12.7. The highest BCUT2D eigenvalue weighted by Gasteiger charge is 2.30. The van der Waals surface area contributed by atoms with Gasteiger partial charge in [0.1, 0.15) is 5.75 Å². The van der Waals surface area contributed by atoms with Crippen LogP contribution < -0.4 is 9.46 Å². The van der Waals surface area contributed by atoms with Gasteiger partial charge in [-0.05, 0) is 54.8 Å². The summed E-state index contributed by atoms with van der Waals surface area (Å²) >= 11 is 0. The maximum absolute atomic E-state index is 12.7. The summed E-state index contributed by atoms with van der Waals surface area (Å²) in [6.45, 7) is 1.13. The third-order valence-electron chi connectivity index (χ3n) is 5.45. The molecule has 0 saturated carbocycles. The second-order valence-corrected chi connectivity index (χ2v) is 9.62. The van der Waals surface area contributed by atoms with Crippen molar-refractivity contribution in [2.75, 3.05) is 24.5 Å². The summed E-state index contributed by atoms with van der Waals surface area (Å²) in [7, 11) is -3.53. The van der Waals surface area contributed by atoms with E-state index in [2.05, 4.69) is 9.71 Å². The van der Waals surface area contributed by atoms with E-state index in [1.165, 1.54) is 12.1 Å². The lowest BCUT2D eigenvalue weighted by Crippen LogP contribution is -2.33. The first-order valence-electron chi connectivity index (χ1n) is 10.2. The number of rotatable bonds is 7. The van der Waals surface area contributed by atoms with E-state index in [0.717, 1.165) is 28.6 Å². The Morgan fingerprint density at radius 1 is 1.09 bits per heavy atom. The van der Waals surface area contributed by atoms with Crippen molar-refractivity contribution in [3.63, 3.8) is 0 Å². The number of hydrogen-bond donors (Lipinski definition) is 2. The van der Waals surface area contributed by atoms with Crippen LogP contribution in [0.4, 0.5) is 18.9 Å². The average Bonchev–Trinajstić information content (AvgIpc) is 3.15. The van der Waals surface area contributed by atoms with Crippen molar-refractivity contribution < 1.29 is 31.1 Å². The van der Waals surface area contributed by atoms with Crippen LogP contribution in [0.2, 0.25) is 0 Å². The fourth-order valence-corrected chi connectivity index (χ4v) is 5.11. The number of ether oxygens (including phenoxy) is 2. The van der Waals surface area contributed by atoms with Crippen LogP contribution in [0.1, 0.15) is 24.0 Å². The van der Waals surface area contributed by atoms with Gasteiger partial charge in [-0.25, -0.2) is 8.42 Å². The van der Waals surface area contributed by atoms with Crippen LogP contribution in [0, 0.1) is 0 Å². The summed E-state index contributed by atoms with van der Waals surface area (Å²) in [5.41, 5.74) is 1.47. The Kier molecular flexibility index (Phi) is 6.34. The predicted molar refractivity (Wildman–Crippen MR) is 115 cm³/mol. The van der Waals surface area contributed by atoms with Gasteiger partial charge in [0.05, 0.1) is 23.1 Å². The minimum Gasteiger partial charge on any atom is -0.493 e. The van der Waals surface area contributed by atoms with Gasteiger partial charge in [-0.1, -0.05) is 6.07 Å². The highest BCUT2D eigenvalue weighted by Crippen LogP contribution is 2.30. The Morgan fingerprint density at radius 3 is 2.50 bits per heavy atom. The number of aromatic nitrogens is 1. The Balaban J connectivity index is 1.41. The van der Waals surface area contributed by atoms with Crippen LogP contribution in [0.3, 0.4) is 0 Å². The lowest BCUT2D eigenvalue weighted by Gasteiger charge is -2.22. The molecule has 6 nitrogen and oxygen atoms in total. The number of anilines is 1. The van der Waals surface area contributed by atoms with Crippen molar-refractivity contribution in [2.24, 2.45) is 0 Å². The molecule has 0 bridgehead atoms. The second-order valence-electron chi connectivity index (χ2n) is 7.66. The van der Waals surface area contributed by atoms with E-state index < -0.39 is 27.0 Å². The summed E-state index contributed by atoms with van der Waals surface area (Å²) < 4.78 is 76.9. The van der Waals surface area contributed by atoms with Gasteiger partial charge in [0.15, 0.2) is 0 Å². The van der Waals surface area contributed by atoms with Crippen molar-refractivity contribution >= 4 is 26.6 Å². The van der Waals surface area contributed by atoms with E-state index in [4.69, 9.17) is 9.47 Å². The highest BCUT2D eigenvalue weighted by molar-refractivity contribution is 7.93. The Bertz CT molecular complexity index is 1170. The van der Waals surface area contributed by atoms with Crippen LogP contribution in [-0.4, -0.2) is 38.5 Å². The van der Waals surface area contributed by atoms with Gasteiger partial charge in [-0.2, -0.15) is 13.2 Å². The summed E-state index contributed by atoms with van der Waals surface area (Å²) in [4.78, 5) is 3.07. The molecule has 0 atom stereocenters. The Hall–Kier alpha value is -2.72. The normalized spacial score (nSPS) is 15.7. The molecule has 1 aromatic heterocycles. The van der Waals surface area contributed by atoms with E-state index in [-0.39, 0.29) is 6.61 Å². The fourth-order valence-electron chi connectivity index (χ4n) is 3.66. The van der Waals surface area contributed by atoms with Gasteiger partial charge in [-0.3, -0.25) is 4.72 Å². The van der Waals surface area contributed by atoms with Crippen molar-refractivity contribution in [1.29, 1.82) is 0 Å². The summed E-state index contributed by atoms with van der Waals surface area (Å²) in [6, 6.07) is 10.2. The van der Waals surface area contributed by atoms with E-state index >= 15 is 0 Å². The average molecular weight is 468 g/mol. The fraction of sp³-hybridized carbons (Fsp3) is 0.364. The number of nitrogens with one attached hydrogen (secondary N) is 2. The lowest BCUT2D eigenvalue weighted by molar-refractivity contribution is -0.137. The molecule has 4 rings (SSSR count). The number of benzene rings is 2. The summed E-state index contributed by atoms with van der Waals surface area (Å²) in [5, 5.41) is 0.259. The van der Waals surface area contributed by atoms with Crippen LogP contribution in [0.5, 0.6) is 5.75 Å². The van der Waals surface area contributed by atoms with E-state index in [1.807, 2.05) is 18.2 Å². The molecule has 172 valence electrons. The maximum Gasteiger partial charge on any atom is 0.416 e. The van der Waals surface area contributed by atoms with E-state index in [9.17, 15) is 21.6 Å². The minimum atomic E-state index is -4.38. The van der Waals surface area contributed by atoms with Crippen molar-refractivity contribution in [3.8, 4) is 5.75 Å². The molecular weight excluding hydrogens is 445 g/mol. The summed E-state index contributed by atoms with van der Waals surface area (Å²) in [5.74, 6) is 0.352. The number of fused-ring (bicyclic) bond motifs is 1. The molecule has 0 spiro atoms. The van der Waals surface area contributed by atoms with Crippen LogP contribution in [0.15, 0.2) is 48.7 Å². The number of alkyl halides is 3. The third-order valence-corrected chi connectivity index (χ3v) is 7.30. The van der Waals surface area contributed by atoms with Crippen molar-refractivity contribution in [2.45, 2.75) is 30.7 Å². The van der Waals surface area contributed by atoms with E-state index in [0.29, 0.717) is 43.9 Å². The molecule has 1 aliphatic rings. The number of hydrogen-bond acceptors (Lipinski definition) is 4. The van der Waals surface area contributed by atoms with Crippen molar-refractivity contribution in [1.82, 2.24) is 4.98 Å². The van der Waals surface area contributed by atoms with Gasteiger partial charge in [0, 0.05) is 36.7 Å². The smallest absolute Gasteiger partial charge is 0.416 e. The molecule has 3 aromatic rings. The Labute approximate surface area is 183 Å². The standard InChI is InChI=1S/C22H23F3N2O4S/c23-22(24,25)16-2-4-17(5-3-16)31-12-7-15-1-6-20-19(13-15)21(14-26-20)27-32(28,29)18-8-10-30-11-9-18/h1-6,13-14,18,26-27H,7-12H2. The molecule has 2 heterocycles. The number of halogens is 3. The number of H-pyrrole nitrogens is 1. The molecule has 1 aliphatic heterocycles. The first kappa shape index (κ1) is 22.5. The molecule has 0 amide bonds.